The number of aromatic nitrogens is 4. The summed E-state index contributed by atoms with van der Waals surface area (Å²) in [5, 5.41) is 1.15. The number of ether oxygens (including phenoxy) is 1. The first-order chi connectivity index (χ1) is 14.2. The van der Waals surface area contributed by atoms with Gasteiger partial charge in [-0.1, -0.05) is 18.2 Å². The second kappa shape index (κ2) is 6.83. The van der Waals surface area contributed by atoms with E-state index in [2.05, 4.69) is 38.1 Å². The van der Waals surface area contributed by atoms with E-state index in [0.29, 0.717) is 16.9 Å². The lowest BCUT2D eigenvalue weighted by Gasteiger charge is -2.06. The van der Waals surface area contributed by atoms with Crippen LogP contribution in [0, 0.1) is 0 Å². The number of rotatable bonds is 3. The van der Waals surface area contributed by atoms with Crippen LogP contribution in [0.1, 0.15) is 10.4 Å². The SMILES string of the molecule is COC(=O)c1ccc(-c2cnc3cc(-c4ccc5[nH]ccc5c4)cnc3n2)cc1. The molecule has 3 heterocycles. The number of aromatic amines is 1. The number of H-pyrrole nitrogens is 1. The number of methoxy groups -OCH3 is 1. The zero-order valence-electron chi connectivity index (χ0n) is 15.6. The lowest BCUT2D eigenvalue weighted by molar-refractivity contribution is 0.0601. The van der Waals surface area contributed by atoms with Gasteiger partial charge in [0, 0.05) is 29.0 Å². The lowest BCUT2D eigenvalue weighted by atomic mass is 10.1. The Hall–Kier alpha value is -4.06. The van der Waals surface area contributed by atoms with Crippen LogP contribution in [-0.2, 0) is 4.74 Å². The van der Waals surface area contributed by atoms with Gasteiger partial charge in [-0.15, -0.1) is 0 Å². The quantitative estimate of drug-likeness (QED) is 0.462. The van der Waals surface area contributed by atoms with Crippen LogP contribution < -0.4 is 0 Å². The molecule has 0 saturated carbocycles. The molecule has 0 spiro atoms. The molecule has 0 atom stereocenters. The average Bonchev–Trinajstić information content (AvgIpc) is 3.26. The monoisotopic (exact) mass is 380 g/mol. The molecule has 0 amide bonds. The molecule has 5 rings (SSSR count). The molecule has 0 aliphatic rings. The number of esters is 1. The van der Waals surface area contributed by atoms with Gasteiger partial charge in [-0.3, -0.25) is 4.98 Å². The van der Waals surface area contributed by atoms with Crippen molar-refractivity contribution in [2.45, 2.75) is 0 Å². The molecule has 0 fully saturated rings. The van der Waals surface area contributed by atoms with E-state index in [1.54, 1.807) is 18.3 Å². The maximum atomic E-state index is 11.6. The van der Waals surface area contributed by atoms with Crippen LogP contribution in [0.25, 0.3) is 44.5 Å². The average molecular weight is 380 g/mol. The van der Waals surface area contributed by atoms with Crippen LogP contribution >= 0.6 is 0 Å². The number of carbonyl (C=O) groups is 1. The summed E-state index contributed by atoms with van der Waals surface area (Å²) in [6.45, 7) is 0. The molecule has 6 heteroatoms. The van der Waals surface area contributed by atoms with Crippen LogP contribution in [0.3, 0.4) is 0 Å². The molecule has 6 nitrogen and oxygen atoms in total. The molecule has 2 aromatic carbocycles. The Kier molecular flexibility index (Phi) is 4.02. The van der Waals surface area contributed by atoms with Gasteiger partial charge in [0.25, 0.3) is 0 Å². The molecule has 5 aromatic rings. The Morgan fingerprint density at radius 1 is 0.897 bits per heavy atom. The van der Waals surface area contributed by atoms with Crippen LogP contribution in [0.2, 0.25) is 0 Å². The largest absolute Gasteiger partial charge is 0.465 e. The van der Waals surface area contributed by atoms with E-state index in [0.717, 1.165) is 33.1 Å². The van der Waals surface area contributed by atoms with E-state index in [9.17, 15) is 4.79 Å². The summed E-state index contributed by atoms with van der Waals surface area (Å²) < 4.78 is 4.73. The van der Waals surface area contributed by atoms with E-state index >= 15 is 0 Å². The highest BCUT2D eigenvalue weighted by molar-refractivity contribution is 5.90. The van der Waals surface area contributed by atoms with E-state index in [4.69, 9.17) is 4.74 Å². The van der Waals surface area contributed by atoms with Crippen LogP contribution in [0.5, 0.6) is 0 Å². The zero-order valence-corrected chi connectivity index (χ0v) is 15.6. The molecule has 0 unspecified atom stereocenters. The fourth-order valence-corrected chi connectivity index (χ4v) is 3.33. The van der Waals surface area contributed by atoms with Gasteiger partial charge in [0.05, 0.1) is 24.6 Å². The summed E-state index contributed by atoms with van der Waals surface area (Å²) in [5.41, 5.74) is 6.52. The standard InChI is InChI=1S/C23H16N4O2/c1-29-23(28)15-4-2-14(3-5-15)21-13-25-20-11-18(12-26-22(20)27-21)16-6-7-19-17(10-16)8-9-24-19/h2-13,24H,1H3. The highest BCUT2D eigenvalue weighted by Crippen LogP contribution is 2.26. The lowest BCUT2D eigenvalue weighted by Crippen LogP contribution is -2.00. The third-order valence-corrected chi connectivity index (χ3v) is 4.89. The van der Waals surface area contributed by atoms with E-state index in [-0.39, 0.29) is 5.97 Å². The summed E-state index contributed by atoms with van der Waals surface area (Å²) in [7, 11) is 1.36. The van der Waals surface area contributed by atoms with Crippen LogP contribution in [-0.4, -0.2) is 33.0 Å². The number of nitrogens with zero attached hydrogens (tertiary/aromatic N) is 3. The third kappa shape index (κ3) is 3.10. The van der Waals surface area contributed by atoms with Gasteiger partial charge in [-0.2, -0.15) is 0 Å². The Morgan fingerprint density at radius 2 is 1.72 bits per heavy atom. The number of fused-ring (bicyclic) bond motifs is 2. The van der Waals surface area contributed by atoms with Gasteiger partial charge in [0.1, 0.15) is 5.52 Å². The Morgan fingerprint density at radius 3 is 2.55 bits per heavy atom. The van der Waals surface area contributed by atoms with Crippen molar-refractivity contribution in [3.05, 3.63) is 78.8 Å². The zero-order chi connectivity index (χ0) is 19.8. The van der Waals surface area contributed by atoms with Crippen LogP contribution in [0.15, 0.2) is 73.2 Å². The van der Waals surface area contributed by atoms with E-state index < -0.39 is 0 Å². The van der Waals surface area contributed by atoms with Crippen molar-refractivity contribution in [3.63, 3.8) is 0 Å². The predicted octanol–water partition coefficient (Wildman–Crippen LogP) is 4.63. The summed E-state index contributed by atoms with van der Waals surface area (Å²) in [6.07, 6.45) is 5.46. The Labute approximate surface area is 166 Å². The van der Waals surface area contributed by atoms with Crippen molar-refractivity contribution in [1.29, 1.82) is 0 Å². The summed E-state index contributed by atoms with van der Waals surface area (Å²) in [4.78, 5) is 28.5. The van der Waals surface area contributed by atoms with Gasteiger partial charge >= 0.3 is 5.97 Å². The number of hydrogen-bond acceptors (Lipinski definition) is 5. The van der Waals surface area contributed by atoms with Crippen LogP contribution in [0.4, 0.5) is 0 Å². The Balaban J connectivity index is 1.49. The first-order valence-electron chi connectivity index (χ1n) is 9.10. The van der Waals surface area contributed by atoms with Crippen molar-refractivity contribution in [2.24, 2.45) is 0 Å². The number of benzene rings is 2. The highest BCUT2D eigenvalue weighted by atomic mass is 16.5. The summed E-state index contributed by atoms with van der Waals surface area (Å²) in [6, 6.07) is 17.3. The summed E-state index contributed by atoms with van der Waals surface area (Å²) >= 11 is 0. The van der Waals surface area contributed by atoms with Crippen molar-refractivity contribution in [1.82, 2.24) is 19.9 Å². The number of carbonyl (C=O) groups excluding carboxylic acids is 1. The van der Waals surface area contributed by atoms with Crippen molar-refractivity contribution in [3.8, 4) is 22.4 Å². The molecule has 0 saturated heterocycles. The normalized spacial score (nSPS) is 11.1. The Bertz CT molecular complexity index is 1360. The minimum atomic E-state index is -0.367. The summed E-state index contributed by atoms with van der Waals surface area (Å²) in [5.74, 6) is -0.367. The third-order valence-electron chi connectivity index (χ3n) is 4.89. The molecular weight excluding hydrogens is 364 g/mol. The molecular formula is C23H16N4O2. The first kappa shape index (κ1) is 17.1. The van der Waals surface area contributed by atoms with Crippen molar-refractivity contribution < 1.29 is 9.53 Å². The number of hydrogen-bond donors (Lipinski definition) is 1. The van der Waals surface area contributed by atoms with Crippen molar-refractivity contribution >= 4 is 28.0 Å². The minimum Gasteiger partial charge on any atom is -0.465 e. The second-order valence-electron chi connectivity index (χ2n) is 6.67. The predicted molar refractivity (Wildman–Crippen MR) is 111 cm³/mol. The number of nitrogens with one attached hydrogen (secondary N) is 1. The molecule has 0 radical (unpaired) electrons. The maximum Gasteiger partial charge on any atom is 0.337 e. The molecule has 29 heavy (non-hydrogen) atoms. The van der Waals surface area contributed by atoms with Gasteiger partial charge < -0.3 is 9.72 Å². The van der Waals surface area contributed by atoms with Gasteiger partial charge in [0.15, 0.2) is 5.65 Å². The molecule has 0 aliphatic carbocycles. The second-order valence-corrected chi connectivity index (χ2v) is 6.67. The molecule has 1 N–H and O–H groups in total. The topological polar surface area (TPSA) is 80.8 Å². The fourth-order valence-electron chi connectivity index (χ4n) is 3.33. The molecule has 0 aliphatic heterocycles. The smallest absolute Gasteiger partial charge is 0.337 e. The molecule has 140 valence electrons. The highest BCUT2D eigenvalue weighted by Gasteiger charge is 2.09. The molecule has 3 aromatic heterocycles. The molecule has 0 bridgehead atoms. The van der Waals surface area contributed by atoms with Gasteiger partial charge in [-0.25, -0.2) is 14.8 Å². The van der Waals surface area contributed by atoms with Gasteiger partial charge in [-0.05, 0) is 47.3 Å². The number of pyridine rings is 1. The van der Waals surface area contributed by atoms with Gasteiger partial charge in [0.2, 0.25) is 0 Å². The van der Waals surface area contributed by atoms with E-state index in [1.165, 1.54) is 7.11 Å². The maximum absolute atomic E-state index is 11.6. The van der Waals surface area contributed by atoms with Crippen molar-refractivity contribution in [2.75, 3.05) is 7.11 Å². The first-order valence-corrected chi connectivity index (χ1v) is 9.10. The van der Waals surface area contributed by atoms with E-state index in [1.807, 2.05) is 36.7 Å². The fraction of sp³-hybridized carbons (Fsp3) is 0.0435. The minimum absolute atomic E-state index is 0.367.